The predicted octanol–water partition coefficient (Wildman–Crippen LogP) is -0.514. The van der Waals surface area contributed by atoms with Crippen LogP contribution in [-0.4, -0.2) is 36.0 Å². The molecule has 0 aromatic heterocycles. The molecule has 0 fully saturated rings. The summed E-state index contributed by atoms with van der Waals surface area (Å²) in [7, 11) is 2.14. The average molecular weight is 130 g/mol. The van der Waals surface area contributed by atoms with E-state index in [4.69, 9.17) is 0 Å². The Morgan fingerprint density at radius 3 is 2.00 bits per heavy atom. The first-order valence-electron chi connectivity index (χ1n) is 1.92. The molecule has 0 bridgehead atoms. The zero-order chi connectivity index (χ0) is 4.28. The Balaban J connectivity index is 2.54. The van der Waals surface area contributed by atoms with Crippen LogP contribution in [0.25, 0.3) is 0 Å². The fourth-order valence-corrected chi connectivity index (χ4v) is 0. The van der Waals surface area contributed by atoms with Crippen LogP contribution in [0.2, 0.25) is 0 Å². The van der Waals surface area contributed by atoms with E-state index in [1.807, 2.05) is 0 Å². The van der Waals surface area contributed by atoms with Crippen LogP contribution in [0.3, 0.4) is 0 Å². The van der Waals surface area contributed by atoms with Gasteiger partial charge in [-0.3, -0.25) is 0 Å². The summed E-state index contributed by atoms with van der Waals surface area (Å²) in [6, 6.07) is 0. The van der Waals surface area contributed by atoms with Gasteiger partial charge in [-0.05, 0) is 0 Å². The quantitative estimate of drug-likeness (QED) is 0.432. The number of hydrogen-bond acceptors (Lipinski definition) is 1. The molecule has 0 radical (unpaired) electrons. The van der Waals surface area contributed by atoms with E-state index in [1.165, 1.54) is 6.54 Å². The Hall–Kier alpha value is 0.596. The van der Waals surface area contributed by atoms with Crippen molar-refractivity contribution < 1.29 is 0 Å². The van der Waals surface area contributed by atoms with Gasteiger partial charge >= 0.3 is 43.0 Å². The predicted molar refractivity (Wildman–Crippen MR) is 26.8 cm³/mol. The molecule has 0 saturated heterocycles. The van der Waals surface area contributed by atoms with Crippen molar-refractivity contribution in [3.05, 3.63) is 0 Å². The van der Waals surface area contributed by atoms with E-state index < -0.39 is 0 Å². The Labute approximate surface area is 43.5 Å². The topological polar surface area (TPSA) is 3.24 Å². The molecule has 0 rings (SSSR count). The first-order chi connectivity index (χ1) is 2.27. The van der Waals surface area contributed by atoms with Crippen LogP contribution in [0.5, 0.6) is 0 Å². The van der Waals surface area contributed by atoms with Crippen LogP contribution in [0.4, 0.5) is 0 Å². The Morgan fingerprint density at radius 2 is 2.00 bits per heavy atom. The van der Waals surface area contributed by atoms with Gasteiger partial charge < -0.3 is 0 Å². The third-order valence-electron chi connectivity index (χ3n) is 0.632. The van der Waals surface area contributed by atoms with Crippen LogP contribution in [0.15, 0.2) is 0 Å². The van der Waals surface area contributed by atoms with E-state index in [0.29, 0.717) is 0 Å². The molecule has 2 heteroatoms. The van der Waals surface area contributed by atoms with Gasteiger partial charge in [-0.15, -0.1) is 0 Å². The Kier molecular flexibility index (Phi) is 3.15. The van der Waals surface area contributed by atoms with E-state index in [2.05, 4.69) is 17.6 Å². The van der Waals surface area contributed by atoms with E-state index in [9.17, 15) is 0 Å². The first-order valence-corrected chi connectivity index (χ1v) is 3.79. The molecule has 0 aliphatic rings. The molecule has 0 heterocycles. The molecule has 0 saturated carbocycles. The average Bonchev–Trinajstić information content (AvgIpc) is 1.38. The van der Waals surface area contributed by atoms with Gasteiger partial charge in [-0.1, -0.05) is 0 Å². The summed E-state index contributed by atoms with van der Waals surface area (Å²) in [5.41, 5.74) is 0. The van der Waals surface area contributed by atoms with Gasteiger partial charge in [0.1, 0.15) is 0 Å². The molecule has 5 heavy (non-hydrogen) atoms. The number of rotatable bonds is 1. The van der Waals surface area contributed by atoms with Gasteiger partial charge in [-0.2, -0.15) is 0 Å². The van der Waals surface area contributed by atoms with E-state index >= 15 is 0 Å². The Morgan fingerprint density at radius 1 is 1.80 bits per heavy atom. The third-order valence-corrected chi connectivity index (χ3v) is 1.96. The summed E-state index contributed by atoms with van der Waals surface area (Å²) < 4.78 is 2.31. The van der Waals surface area contributed by atoms with Gasteiger partial charge in [0.05, 0.1) is 0 Å². The van der Waals surface area contributed by atoms with Crippen molar-refractivity contribution in [2.45, 2.75) is 6.92 Å². The minimum absolute atomic E-state index is 0.905. The molecule has 30 valence electrons. The molecular formula is C3H10GaN. The molecule has 0 N–H and O–H groups in total. The van der Waals surface area contributed by atoms with Crippen LogP contribution in [-0.2, 0) is 0 Å². The first kappa shape index (κ1) is 5.60. The van der Waals surface area contributed by atoms with Crippen molar-refractivity contribution in [3.8, 4) is 0 Å². The SMILES string of the molecule is CC[N](C)[GaH2]. The fraction of sp³-hybridized carbons (Fsp3) is 1.00. The van der Waals surface area contributed by atoms with Gasteiger partial charge in [0, 0.05) is 0 Å². The fourth-order valence-electron chi connectivity index (χ4n) is 0. The maximum atomic E-state index is 2.31. The van der Waals surface area contributed by atoms with Crippen LogP contribution in [0.1, 0.15) is 6.92 Å². The van der Waals surface area contributed by atoms with Crippen molar-refractivity contribution in [2.24, 2.45) is 0 Å². The van der Waals surface area contributed by atoms with Crippen molar-refractivity contribution in [2.75, 3.05) is 13.6 Å². The molecule has 0 aromatic carbocycles. The van der Waals surface area contributed by atoms with Crippen LogP contribution in [0, 0.1) is 0 Å². The molecule has 0 spiro atoms. The molecule has 0 unspecified atom stereocenters. The zero-order valence-corrected chi connectivity index (χ0v) is 8.35. The second-order valence-electron chi connectivity index (χ2n) is 1.40. The summed E-state index contributed by atoms with van der Waals surface area (Å²) in [6.45, 7) is 3.39. The van der Waals surface area contributed by atoms with E-state index in [-0.39, 0.29) is 0 Å². The summed E-state index contributed by atoms with van der Waals surface area (Å²) in [6.07, 6.45) is 0. The number of hydrogen-bond donors (Lipinski definition) is 0. The van der Waals surface area contributed by atoms with Crippen molar-refractivity contribution >= 4 is 18.8 Å². The standard InChI is InChI=1S/C3H8N.Ga.2H/c1-3-4-2;;;/h3H2,1-2H3;;;/q-1;+1;;. The monoisotopic (exact) mass is 129 g/mol. The number of nitrogens with zero attached hydrogens (tertiary/aromatic N) is 1. The van der Waals surface area contributed by atoms with Gasteiger partial charge in [0.25, 0.3) is 0 Å². The summed E-state index contributed by atoms with van der Waals surface area (Å²) >= 11 is 0.905. The van der Waals surface area contributed by atoms with E-state index in [0.717, 1.165) is 18.8 Å². The minimum atomic E-state index is 0.905. The molecule has 1 nitrogen and oxygen atoms in total. The van der Waals surface area contributed by atoms with Gasteiger partial charge in [-0.25, -0.2) is 0 Å². The van der Waals surface area contributed by atoms with Crippen molar-refractivity contribution in [1.29, 1.82) is 0 Å². The second kappa shape index (κ2) is 2.81. The van der Waals surface area contributed by atoms with E-state index in [1.54, 1.807) is 0 Å². The maximum absolute atomic E-state index is 2.31. The molecule has 0 aliphatic heterocycles. The van der Waals surface area contributed by atoms with Gasteiger partial charge in [0.15, 0.2) is 0 Å². The zero-order valence-electron chi connectivity index (χ0n) is 4.15. The summed E-state index contributed by atoms with van der Waals surface area (Å²) in [4.78, 5) is 0. The third kappa shape index (κ3) is 4.60. The summed E-state index contributed by atoms with van der Waals surface area (Å²) in [5, 5.41) is 0. The molecule has 0 aromatic rings. The molecule has 0 amide bonds. The van der Waals surface area contributed by atoms with Crippen molar-refractivity contribution in [1.82, 2.24) is 3.61 Å². The summed E-state index contributed by atoms with van der Waals surface area (Å²) in [5.74, 6) is 0. The molecular weight excluding hydrogens is 120 g/mol. The second-order valence-corrected chi connectivity index (χ2v) is 4.60. The molecule has 0 atom stereocenters. The normalized spacial score (nSPS) is 9.40. The van der Waals surface area contributed by atoms with Crippen LogP contribution < -0.4 is 0 Å². The van der Waals surface area contributed by atoms with Gasteiger partial charge in [0.2, 0.25) is 0 Å². The van der Waals surface area contributed by atoms with Crippen LogP contribution >= 0.6 is 0 Å². The molecule has 0 aliphatic carbocycles. The van der Waals surface area contributed by atoms with Crippen molar-refractivity contribution in [3.63, 3.8) is 0 Å². The Bertz CT molecular complexity index is 20.9.